The van der Waals surface area contributed by atoms with E-state index >= 15 is 0 Å². The van der Waals surface area contributed by atoms with Crippen LogP contribution in [0.3, 0.4) is 0 Å². The van der Waals surface area contributed by atoms with Crippen molar-refractivity contribution in [2.24, 2.45) is 5.92 Å². The lowest BCUT2D eigenvalue weighted by molar-refractivity contribution is 0.570. The van der Waals surface area contributed by atoms with Gasteiger partial charge in [0.25, 0.3) is 0 Å². The Morgan fingerprint density at radius 3 is 2.32 bits per heavy atom. The largest absolute Gasteiger partial charge is 0.0985 e. The Morgan fingerprint density at radius 2 is 1.84 bits per heavy atom. The van der Waals surface area contributed by atoms with Crippen LogP contribution < -0.4 is 0 Å². The van der Waals surface area contributed by atoms with Crippen LogP contribution in [0.2, 0.25) is 0 Å². The van der Waals surface area contributed by atoms with Crippen molar-refractivity contribution in [1.29, 1.82) is 0 Å². The van der Waals surface area contributed by atoms with Gasteiger partial charge in [0.05, 0.1) is 0 Å². The van der Waals surface area contributed by atoms with E-state index < -0.39 is 0 Å². The highest BCUT2D eigenvalue weighted by Crippen LogP contribution is 2.30. The van der Waals surface area contributed by atoms with Crippen LogP contribution in [0.4, 0.5) is 0 Å². The molecule has 0 N–H and O–H groups in total. The van der Waals surface area contributed by atoms with Gasteiger partial charge in [0, 0.05) is 0 Å². The molecular formula is C19H26. The molecule has 0 aromatic heterocycles. The zero-order valence-electron chi connectivity index (χ0n) is 12.7. The smallest absolute Gasteiger partial charge is 0.0124 e. The Kier molecular flexibility index (Phi) is 6.35. The van der Waals surface area contributed by atoms with E-state index in [4.69, 9.17) is 0 Å². The van der Waals surface area contributed by atoms with Crippen molar-refractivity contribution in [2.45, 2.75) is 40.0 Å². The van der Waals surface area contributed by atoms with Gasteiger partial charge in [0.1, 0.15) is 0 Å². The lowest BCUT2D eigenvalue weighted by Gasteiger charge is -2.22. The van der Waals surface area contributed by atoms with Crippen LogP contribution in [0, 0.1) is 5.92 Å². The second kappa shape index (κ2) is 7.78. The highest BCUT2D eigenvalue weighted by molar-refractivity contribution is 5.47. The van der Waals surface area contributed by atoms with Gasteiger partial charge in [-0.3, -0.25) is 0 Å². The average molecular weight is 254 g/mol. The summed E-state index contributed by atoms with van der Waals surface area (Å²) in [4.78, 5) is 0. The maximum Gasteiger partial charge on any atom is -0.0124 e. The summed E-state index contributed by atoms with van der Waals surface area (Å²) >= 11 is 0. The second-order valence-corrected chi connectivity index (χ2v) is 5.05. The highest BCUT2D eigenvalue weighted by Gasteiger charge is 2.16. The van der Waals surface area contributed by atoms with E-state index in [2.05, 4.69) is 76.8 Å². The minimum absolute atomic E-state index is 0.520. The van der Waals surface area contributed by atoms with E-state index in [0.717, 1.165) is 6.42 Å². The van der Waals surface area contributed by atoms with Crippen LogP contribution in [0.15, 0.2) is 54.6 Å². The van der Waals surface area contributed by atoms with Gasteiger partial charge in [-0.2, -0.15) is 0 Å². The Hall–Kier alpha value is -1.56. The molecule has 0 bridgehead atoms. The first-order valence-electron chi connectivity index (χ1n) is 7.19. The minimum atomic E-state index is 0.520. The van der Waals surface area contributed by atoms with Gasteiger partial charge < -0.3 is 0 Å². The summed E-state index contributed by atoms with van der Waals surface area (Å²) in [7, 11) is 0. The number of rotatable bonds is 6. The molecule has 19 heavy (non-hydrogen) atoms. The Morgan fingerprint density at radius 1 is 1.21 bits per heavy atom. The van der Waals surface area contributed by atoms with Crippen molar-refractivity contribution in [2.75, 3.05) is 0 Å². The summed E-state index contributed by atoms with van der Waals surface area (Å²) in [6.45, 7) is 12.7. The van der Waals surface area contributed by atoms with E-state index in [9.17, 15) is 0 Å². The lowest BCUT2D eigenvalue weighted by atomic mass is 9.83. The maximum atomic E-state index is 3.80. The summed E-state index contributed by atoms with van der Waals surface area (Å²) in [5.74, 6) is 1.05. The molecule has 0 spiro atoms. The first kappa shape index (κ1) is 15.5. The molecule has 0 nitrogen and oxygen atoms in total. The molecule has 2 unspecified atom stereocenters. The van der Waals surface area contributed by atoms with Crippen molar-refractivity contribution in [3.05, 3.63) is 65.8 Å². The average Bonchev–Trinajstić information content (AvgIpc) is 2.47. The second-order valence-electron chi connectivity index (χ2n) is 5.05. The van der Waals surface area contributed by atoms with Crippen LogP contribution in [0.1, 0.15) is 51.2 Å². The summed E-state index contributed by atoms with van der Waals surface area (Å²) in [6, 6.07) is 8.72. The van der Waals surface area contributed by atoms with Crippen LogP contribution in [-0.2, 0) is 0 Å². The molecular weight excluding hydrogens is 228 g/mol. The van der Waals surface area contributed by atoms with E-state index in [1.54, 1.807) is 0 Å². The highest BCUT2D eigenvalue weighted by atomic mass is 14.2. The first-order chi connectivity index (χ1) is 9.13. The Balaban J connectivity index is 2.87. The predicted molar refractivity (Wildman–Crippen MR) is 87.3 cm³/mol. The number of hydrogen-bond acceptors (Lipinski definition) is 0. The van der Waals surface area contributed by atoms with Gasteiger partial charge in [-0.05, 0) is 41.9 Å². The van der Waals surface area contributed by atoms with Crippen LogP contribution in [0.5, 0.6) is 0 Å². The van der Waals surface area contributed by atoms with Crippen molar-refractivity contribution < 1.29 is 0 Å². The number of benzene rings is 1. The van der Waals surface area contributed by atoms with Gasteiger partial charge in [-0.15, -0.1) is 0 Å². The quantitative estimate of drug-likeness (QED) is 0.548. The summed E-state index contributed by atoms with van der Waals surface area (Å²) < 4.78 is 0. The normalized spacial score (nSPS) is 15.5. The van der Waals surface area contributed by atoms with E-state index in [0.29, 0.717) is 11.8 Å². The molecule has 0 heteroatoms. The third kappa shape index (κ3) is 4.24. The molecule has 0 saturated heterocycles. The molecule has 0 saturated carbocycles. The molecule has 0 aliphatic carbocycles. The standard InChI is InChI=1S/C19H26/c1-6-9-10-18(8-3)15(4)16(5)19-13-11-17(7-2)12-14-19/h7-16H,2,6H2,1,3-5H3/b10-9-,18-8+. The fraction of sp³-hybridized carbons (Fsp3) is 0.368. The van der Waals surface area contributed by atoms with Crippen molar-refractivity contribution in [1.82, 2.24) is 0 Å². The van der Waals surface area contributed by atoms with Gasteiger partial charge in [-0.25, -0.2) is 0 Å². The molecule has 1 aromatic carbocycles. The third-order valence-electron chi connectivity index (χ3n) is 3.85. The molecule has 0 amide bonds. The molecule has 102 valence electrons. The Bertz CT molecular complexity index is 445. The molecule has 0 fully saturated rings. The number of hydrogen-bond donors (Lipinski definition) is 0. The summed E-state index contributed by atoms with van der Waals surface area (Å²) in [6.07, 6.45) is 9.70. The first-order valence-corrected chi connectivity index (χ1v) is 7.19. The molecule has 0 heterocycles. The topological polar surface area (TPSA) is 0 Å². The molecule has 2 atom stereocenters. The molecule has 1 aromatic rings. The summed E-state index contributed by atoms with van der Waals surface area (Å²) in [5.41, 5.74) is 3.99. The van der Waals surface area contributed by atoms with Crippen LogP contribution in [-0.4, -0.2) is 0 Å². The third-order valence-corrected chi connectivity index (χ3v) is 3.85. The molecule has 0 radical (unpaired) electrons. The summed E-state index contributed by atoms with van der Waals surface area (Å²) in [5, 5.41) is 0. The van der Waals surface area contributed by atoms with Gasteiger partial charge in [-0.1, -0.05) is 75.9 Å². The van der Waals surface area contributed by atoms with Gasteiger partial charge in [0.15, 0.2) is 0 Å². The van der Waals surface area contributed by atoms with Crippen molar-refractivity contribution in [3.63, 3.8) is 0 Å². The zero-order valence-corrected chi connectivity index (χ0v) is 12.7. The van der Waals surface area contributed by atoms with Crippen LogP contribution in [0.25, 0.3) is 6.08 Å². The Labute approximate surface area is 118 Å². The fourth-order valence-electron chi connectivity index (χ4n) is 2.28. The lowest BCUT2D eigenvalue weighted by Crippen LogP contribution is -2.08. The molecule has 1 rings (SSSR count). The van der Waals surface area contributed by atoms with Crippen LogP contribution >= 0.6 is 0 Å². The van der Waals surface area contributed by atoms with E-state index in [1.165, 1.54) is 16.7 Å². The molecule has 0 aliphatic heterocycles. The maximum absolute atomic E-state index is 3.80. The van der Waals surface area contributed by atoms with Gasteiger partial charge >= 0.3 is 0 Å². The predicted octanol–water partition coefficient (Wildman–Crippen LogP) is 5.98. The zero-order chi connectivity index (χ0) is 14.3. The van der Waals surface area contributed by atoms with Gasteiger partial charge in [0.2, 0.25) is 0 Å². The van der Waals surface area contributed by atoms with E-state index in [-0.39, 0.29) is 0 Å². The number of allylic oxidation sites excluding steroid dienone is 4. The van der Waals surface area contributed by atoms with Crippen molar-refractivity contribution in [3.8, 4) is 0 Å². The fourth-order valence-corrected chi connectivity index (χ4v) is 2.28. The van der Waals surface area contributed by atoms with Crippen molar-refractivity contribution >= 4 is 6.08 Å². The van der Waals surface area contributed by atoms with E-state index in [1.807, 2.05) is 6.08 Å². The molecule has 0 aliphatic rings. The monoisotopic (exact) mass is 254 g/mol. The SMILES string of the molecule is C=Cc1ccc(C(C)C(C)C(/C=C\CC)=C/C)cc1. The minimum Gasteiger partial charge on any atom is -0.0985 e.